The maximum atomic E-state index is 12.0. The van der Waals surface area contributed by atoms with Gasteiger partial charge in [0.2, 0.25) is 11.2 Å². The van der Waals surface area contributed by atoms with E-state index in [0.717, 1.165) is 16.3 Å². The van der Waals surface area contributed by atoms with Crippen molar-refractivity contribution < 1.29 is 9.63 Å². The summed E-state index contributed by atoms with van der Waals surface area (Å²) >= 11 is 1.32. The van der Waals surface area contributed by atoms with Crippen molar-refractivity contribution in [2.24, 2.45) is 5.16 Å². The highest BCUT2D eigenvalue weighted by Crippen LogP contribution is 2.19. The first kappa shape index (κ1) is 12.7. The number of nitrogens with one attached hydrogen (secondary N) is 1. The molecule has 1 atom stereocenters. The minimum absolute atomic E-state index is 0.254. The molecule has 1 amide bonds. The zero-order chi connectivity index (χ0) is 13.9. The van der Waals surface area contributed by atoms with Crippen molar-refractivity contribution >= 4 is 28.1 Å². The summed E-state index contributed by atoms with van der Waals surface area (Å²) in [7, 11) is 0. The molecule has 1 aromatic carbocycles. The van der Waals surface area contributed by atoms with Gasteiger partial charge in [0.05, 0.1) is 5.71 Å². The Balaban J connectivity index is 1.62. The minimum atomic E-state index is -0.616. The third-order valence-electron chi connectivity index (χ3n) is 2.82. The first-order valence-corrected chi connectivity index (χ1v) is 6.93. The molecule has 0 fully saturated rings. The van der Waals surface area contributed by atoms with E-state index in [1.165, 1.54) is 11.3 Å². The van der Waals surface area contributed by atoms with Crippen LogP contribution in [0.15, 0.2) is 35.5 Å². The summed E-state index contributed by atoms with van der Waals surface area (Å²) in [6.07, 6.45) is -0.164. The van der Waals surface area contributed by atoms with Crippen LogP contribution in [0.1, 0.15) is 17.0 Å². The molecule has 20 heavy (non-hydrogen) atoms. The topological polar surface area (TPSA) is 76.5 Å². The number of carbonyl (C=O) groups is 1. The van der Waals surface area contributed by atoms with Gasteiger partial charge in [-0.25, -0.2) is 0 Å². The molecule has 0 saturated carbocycles. The molecular weight excluding hydrogens is 276 g/mol. The van der Waals surface area contributed by atoms with Gasteiger partial charge in [-0.2, -0.15) is 0 Å². The highest BCUT2D eigenvalue weighted by molar-refractivity contribution is 7.15. The van der Waals surface area contributed by atoms with Crippen molar-refractivity contribution in [1.29, 1.82) is 0 Å². The predicted molar refractivity (Wildman–Crippen MR) is 75.7 cm³/mol. The number of hydrogen-bond acceptors (Lipinski definition) is 6. The Hall–Kier alpha value is -2.28. The number of anilines is 1. The standard InChI is InChI=1S/C13H12N4O2S/c1-8-15-16-13(20-8)14-12(18)11-7-10(17-19-11)9-5-3-2-4-6-9/h2-6,11H,7H2,1H3,(H,14,16,18). The summed E-state index contributed by atoms with van der Waals surface area (Å²) in [5.74, 6) is -0.254. The van der Waals surface area contributed by atoms with E-state index in [1.54, 1.807) is 0 Å². The second-order valence-corrected chi connectivity index (χ2v) is 5.50. The van der Waals surface area contributed by atoms with E-state index in [9.17, 15) is 4.79 Å². The van der Waals surface area contributed by atoms with Gasteiger partial charge in [0.15, 0.2) is 0 Å². The van der Waals surface area contributed by atoms with Gasteiger partial charge in [-0.15, -0.1) is 10.2 Å². The molecule has 1 unspecified atom stereocenters. The molecule has 1 N–H and O–H groups in total. The van der Waals surface area contributed by atoms with Crippen LogP contribution in [-0.2, 0) is 9.63 Å². The highest BCUT2D eigenvalue weighted by Gasteiger charge is 2.29. The number of nitrogens with zero attached hydrogens (tertiary/aromatic N) is 3. The zero-order valence-corrected chi connectivity index (χ0v) is 11.6. The molecule has 102 valence electrons. The zero-order valence-electron chi connectivity index (χ0n) is 10.7. The number of hydrogen-bond donors (Lipinski definition) is 1. The summed E-state index contributed by atoms with van der Waals surface area (Å²) in [6.45, 7) is 1.83. The van der Waals surface area contributed by atoms with Crippen LogP contribution in [0, 0.1) is 6.92 Å². The van der Waals surface area contributed by atoms with Crippen LogP contribution in [0.2, 0.25) is 0 Å². The molecule has 1 aliphatic rings. The molecule has 0 bridgehead atoms. The average molecular weight is 288 g/mol. The summed E-state index contributed by atoms with van der Waals surface area (Å²) in [6, 6.07) is 9.67. The van der Waals surface area contributed by atoms with E-state index in [0.29, 0.717) is 11.6 Å². The van der Waals surface area contributed by atoms with Crippen molar-refractivity contribution in [3.05, 3.63) is 40.9 Å². The van der Waals surface area contributed by atoms with E-state index in [-0.39, 0.29) is 5.91 Å². The summed E-state index contributed by atoms with van der Waals surface area (Å²) in [5, 5.41) is 15.6. The summed E-state index contributed by atoms with van der Waals surface area (Å²) in [4.78, 5) is 17.2. The molecular formula is C13H12N4O2S. The Morgan fingerprint density at radius 3 is 2.85 bits per heavy atom. The largest absolute Gasteiger partial charge is 0.382 e. The van der Waals surface area contributed by atoms with E-state index in [4.69, 9.17) is 4.84 Å². The van der Waals surface area contributed by atoms with Crippen molar-refractivity contribution in [3.8, 4) is 0 Å². The van der Waals surface area contributed by atoms with Crippen molar-refractivity contribution in [3.63, 3.8) is 0 Å². The third-order valence-corrected chi connectivity index (χ3v) is 3.58. The molecule has 0 aliphatic carbocycles. The monoisotopic (exact) mass is 288 g/mol. The van der Waals surface area contributed by atoms with Crippen LogP contribution in [0.3, 0.4) is 0 Å². The van der Waals surface area contributed by atoms with Gasteiger partial charge >= 0.3 is 0 Å². The SMILES string of the molecule is Cc1nnc(NC(=O)C2CC(c3ccccc3)=NO2)s1. The second kappa shape index (κ2) is 5.38. The number of aromatic nitrogens is 2. The molecule has 0 spiro atoms. The Kier molecular flexibility index (Phi) is 3.42. The molecule has 1 aliphatic heterocycles. The van der Waals surface area contributed by atoms with Gasteiger partial charge < -0.3 is 4.84 Å². The van der Waals surface area contributed by atoms with Gasteiger partial charge in [0, 0.05) is 6.42 Å². The van der Waals surface area contributed by atoms with Crippen LogP contribution < -0.4 is 5.32 Å². The fourth-order valence-corrected chi connectivity index (χ4v) is 2.45. The first-order valence-electron chi connectivity index (χ1n) is 6.11. The van der Waals surface area contributed by atoms with E-state index in [2.05, 4.69) is 20.7 Å². The normalized spacial score (nSPS) is 17.4. The number of carbonyl (C=O) groups excluding carboxylic acids is 1. The van der Waals surface area contributed by atoms with Crippen molar-refractivity contribution in [2.45, 2.75) is 19.4 Å². The molecule has 0 radical (unpaired) electrons. The van der Waals surface area contributed by atoms with Crippen LogP contribution in [-0.4, -0.2) is 27.9 Å². The van der Waals surface area contributed by atoms with Gasteiger partial charge in [0.1, 0.15) is 5.01 Å². The molecule has 6 nitrogen and oxygen atoms in total. The minimum Gasteiger partial charge on any atom is -0.382 e. The summed E-state index contributed by atoms with van der Waals surface area (Å²) < 4.78 is 0. The van der Waals surface area contributed by atoms with E-state index < -0.39 is 6.10 Å². The predicted octanol–water partition coefficient (Wildman–Crippen LogP) is 1.98. The number of benzene rings is 1. The highest BCUT2D eigenvalue weighted by atomic mass is 32.1. The maximum Gasteiger partial charge on any atom is 0.270 e. The fourth-order valence-electron chi connectivity index (χ4n) is 1.85. The molecule has 0 saturated heterocycles. The molecule has 3 rings (SSSR count). The van der Waals surface area contributed by atoms with E-state index >= 15 is 0 Å². The lowest BCUT2D eigenvalue weighted by Gasteiger charge is -2.06. The van der Waals surface area contributed by atoms with Crippen molar-refractivity contribution in [1.82, 2.24) is 10.2 Å². The smallest absolute Gasteiger partial charge is 0.270 e. The van der Waals surface area contributed by atoms with Crippen LogP contribution >= 0.6 is 11.3 Å². The first-order chi connectivity index (χ1) is 9.72. The Morgan fingerprint density at radius 2 is 2.15 bits per heavy atom. The Labute approximate surface area is 119 Å². The number of rotatable bonds is 3. The Morgan fingerprint density at radius 1 is 1.35 bits per heavy atom. The molecule has 2 aromatic rings. The fraction of sp³-hybridized carbons (Fsp3) is 0.231. The second-order valence-electron chi connectivity index (χ2n) is 4.32. The quantitative estimate of drug-likeness (QED) is 0.937. The van der Waals surface area contributed by atoms with Gasteiger partial charge in [-0.1, -0.05) is 46.8 Å². The van der Waals surface area contributed by atoms with Gasteiger partial charge in [-0.05, 0) is 12.5 Å². The Bertz CT molecular complexity index is 653. The van der Waals surface area contributed by atoms with Gasteiger partial charge in [-0.3, -0.25) is 10.1 Å². The lowest BCUT2D eigenvalue weighted by molar-refractivity contribution is -0.125. The van der Waals surface area contributed by atoms with Crippen LogP contribution in [0.5, 0.6) is 0 Å². The van der Waals surface area contributed by atoms with Crippen LogP contribution in [0.4, 0.5) is 5.13 Å². The van der Waals surface area contributed by atoms with Crippen LogP contribution in [0.25, 0.3) is 0 Å². The summed E-state index contributed by atoms with van der Waals surface area (Å²) in [5.41, 5.74) is 1.74. The third kappa shape index (κ3) is 2.67. The van der Waals surface area contributed by atoms with E-state index in [1.807, 2.05) is 37.3 Å². The molecule has 2 heterocycles. The molecule has 1 aromatic heterocycles. The number of amides is 1. The lowest BCUT2D eigenvalue weighted by Crippen LogP contribution is -2.28. The lowest BCUT2D eigenvalue weighted by atomic mass is 10.1. The van der Waals surface area contributed by atoms with Crippen molar-refractivity contribution in [2.75, 3.05) is 5.32 Å². The number of aryl methyl sites for hydroxylation is 1. The molecule has 7 heteroatoms. The van der Waals surface area contributed by atoms with Gasteiger partial charge in [0.25, 0.3) is 5.91 Å². The number of oxime groups is 1. The average Bonchev–Trinajstić information content (AvgIpc) is 3.09. The maximum absolute atomic E-state index is 12.0.